The van der Waals surface area contributed by atoms with Crippen LogP contribution in [0.25, 0.3) is 11.4 Å². The van der Waals surface area contributed by atoms with Gasteiger partial charge < -0.3 is 19.7 Å². The van der Waals surface area contributed by atoms with Gasteiger partial charge in [-0.3, -0.25) is 4.79 Å². The number of aromatic nitrogens is 2. The molecule has 0 bridgehead atoms. The molecule has 2 N–H and O–H groups in total. The molecular formula is C19H17F4N3O4. The smallest absolute Gasteiger partial charge is 0.422 e. The fourth-order valence-corrected chi connectivity index (χ4v) is 2.04. The molecule has 0 spiro atoms. The number of amides is 1. The number of nitrogens with one attached hydrogen (secondary N) is 1. The average Bonchev–Trinajstić information content (AvgIpc) is 3.26. The van der Waals surface area contributed by atoms with Crippen molar-refractivity contribution in [1.82, 2.24) is 15.5 Å². The number of aliphatic hydroxyl groups is 1. The molecule has 0 unspecified atom stereocenters. The number of halogens is 4. The molecule has 1 aromatic heterocycles. The van der Waals surface area contributed by atoms with E-state index in [4.69, 9.17) is 5.11 Å². The van der Waals surface area contributed by atoms with Crippen LogP contribution in [0.15, 0.2) is 59.4 Å². The quantitative estimate of drug-likeness (QED) is 0.587. The molecule has 0 saturated heterocycles. The van der Waals surface area contributed by atoms with E-state index < -0.39 is 12.8 Å². The first kappa shape index (κ1) is 22.8. The Hall–Kier alpha value is -3.47. The van der Waals surface area contributed by atoms with E-state index in [0.717, 1.165) is 0 Å². The van der Waals surface area contributed by atoms with Crippen LogP contribution in [0, 0.1) is 5.82 Å². The van der Waals surface area contributed by atoms with Crippen molar-refractivity contribution in [3.63, 3.8) is 0 Å². The summed E-state index contributed by atoms with van der Waals surface area (Å²) in [7, 11) is 0. The zero-order chi connectivity index (χ0) is 22.0. The second-order valence-electron chi connectivity index (χ2n) is 5.67. The van der Waals surface area contributed by atoms with Crippen LogP contribution in [-0.4, -0.2) is 47.1 Å². The Morgan fingerprint density at radius 2 is 1.77 bits per heavy atom. The second-order valence-corrected chi connectivity index (χ2v) is 5.67. The summed E-state index contributed by atoms with van der Waals surface area (Å²) in [6.45, 7) is -1.21. The minimum absolute atomic E-state index is 0.104. The fraction of sp³-hybridized carbons (Fsp3) is 0.211. The topological polar surface area (TPSA) is 97.5 Å². The summed E-state index contributed by atoms with van der Waals surface area (Å²) < 4.78 is 57.2. The van der Waals surface area contributed by atoms with E-state index in [9.17, 15) is 22.4 Å². The third-order valence-corrected chi connectivity index (χ3v) is 3.38. The number of hydrogen-bond acceptors (Lipinski definition) is 6. The van der Waals surface area contributed by atoms with Crippen LogP contribution in [0.4, 0.5) is 17.6 Å². The fourth-order valence-electron chi connectivity index (χ4n) is 2.04. The van der Waals surface area contributed by atoms with Gasteiger partial charge in [-0.05, 0) is 48.5 Å². The first-order valence-corrected chi connectivity index (χ1v) is 8.49. The van der Waals surface area contributed by atoms with Gasteiger partial charge in [0.2, 0.25) is 12.2 Å². The van der Waals surface area contributed by atoms with Crippen LogP contribution in [0.1, 0.15) is 10.4 Å². The highest BCUT2D eigenvalue weighted by Gasteiger charge is 2.28. The normalized spacial score (nSPS) is 10.7. The standard InChI is InChI=1S/C10H7F3N2O2.C9H10FNO2/c11-10(12,13)5-16-8-3-1-7(2-4-8)9-14-6-17-15-9;10-8-3-1-7(2-4-8)9(13)11-5-6-12/h1-4,6H,5H2;1-4,12H,5-6H2,(H,11,13). The van der Waals surface area contributed by atoms with Crippen molar-refractivity contribution in [3.05, 3.63) is 66.3 Å². The monoisotopic (exact) mass is 427 g/mol. The number of aliphatic hydroxyl groups excluding tert-OH is 1. The maximum Gasteiger partial charge on any atom is 0.422 e. The highest BCUT2D eigenvalue weighted by Crippen LogP contribution is 2.21. The van der Waals surface area contributed by atoms with E-state index in [1.54, 1.807) is 12.1 Å². The summed E-state index contributed by atoms with van der Waals surface area (Å²) in [6.07, 6.45) is -3.17. The van der Waals surface area contributed by atoms with E-state index in [1.165, 1.54) is 42.8 Å². The number of rotatable bonds is 6. The summed E-state index contributed by atoms with van der Waals surface area (Å²) in [5.41, 5.74) is 1.02. The molecule has 11 heteroatoms. The van der Waals surface area contributed by atoms with E-state index in [2.05, 4.69) is 24.7 Å². The van der Waals surface area contributed by atoms with Crippen molar-refractivity contribution in [2.24, 2.45) is 0 Å². The van der Waals surface area contributed by atoms with E-state index >= 15 is 0 Å². The number of benzene rings is 2. The van der Waals surface area contributed by atoms with Crippen LogP contribution in [0.5, 0.6) is 5.75 Å². The summed E-state index contributed by atoms with van der Waals surface area (Å²) in [6, 6.07) is 11.1. The Labute approximate surface area is 168 Å². The summed E-state index contributed by atoms with van der Waals surface area (Å²) in [4.78, 5) is 15.0. The molecule has 3 rings (SSSR count). The van der Waals surface area contributed by atoms with Gasteiger partial charge in [0.1, 0.15) is 11.6 Å². The number of hydrogen-bond donors (Lipinski definition) is 2. The van der Waals surface area contributed by atoms with Crippen LogP contribution in [0.2, 0.25) is 0 Å². The van der Waals surface area contributed by atoms with Crippen molar-refractivity contribution >= 4 is 5.91 Å². The SMILES string of the molecule is FC(F)(F)COc1ccc(-c2ncon2)cc1.O=C(NCCO)c1ccc(F)cc1. The summed E-state index contributed by atoms with van der Waals surface area (Å²) in [5, 5.41) is 14.5. The molecule has 0 aliphatic carbocycles. The number of alkyl halides is 3. The third-order valence-electron chi connectivity index (χ3n) is 3.38. The number of carbonyl (C=O) groups is 1. The van der Waals surface area contributed by atoms with Gasteiger partial charge in [-0.15, -0.1) is 0 Å². The van der Waals surface area contributed by atoms with E-state index in [1.807, 2.05) is 0 Å². The Morgan fingerprint density at radius 3 is 2.30 bits per heavy atom. The van der Waals surface area contributed by atoms with Gasteiger partial charge >= 0.3 is 6.18 Å². The minimum atomic E-state index is -4.34. The summed E-state index contributed by atoms with van der Waals surface area (Å²) >= 11 is 0. The molecule has 0 radical (unpaired) electrons. The highest BCUT2D eigenvalue weighted by molar-refractivity contribution is 5.94. The Bertz CT molecular complexity index is 899. The maximum atomic E-state index is 12.4. The predicted octanol–water partition coefficient (Wildman–Crippen LogP) is 3.23. The van der Waals surface area contributed by atoms with Crippen molar-refractivity contribution in [1.29, 1.82) is 0 Å². The van der Waals surface area contributed by atoms with Gasteiger partial charge in [0.15, 0.2) is 6.61 Å². The van der Waals surface area contributed by atoms with Crippen molar-refractivity contribution in [2.45, 2.75) is 6.18 Å². The lowest BCUT2D eigenvalue weighted by Crippen LogP contribution is -2.26. The third kappa shape index (κ3) is 7.87. The molecule has 0 saturated carbocycles. The highest BCUT2D eigenvalue weighted by atomic mass is 19.4. The lowest BCUT2D eigenvalue weighted by molar-refractivity contribution is -0.153. The average molecular weight is 427 g/mol. The van der Waals surface area contributed by atoms with Gasteiger partial charge in [-0.25, -0.2) is 4.39 Å². The molecule has 7 nitrogen and oxygen atoms in total. The van der Waals surface area contributed by atoms with Crippen molar-refractivity contribution < 1.29 is 36.7 Å². The lowest BCUT2D eigenvalue weighted by Gasteiger charge is -2.08. The molecule has 160 valence electrons. The summed E-state index contributed by atoms with van der Waals surface area (Å²) in [5.74, 6) is -0.185. The van der Waals surface area contributed by atoms with E-state index in [-0.39, 0.29) is 30.6 Å². The van der Waals surface area contributed by atoms with Crippen molar-refractivity contribution in [3.8, 4) is 17.1 Å². The molecule has 2 aromatic carbocycles. The van der Waals surface area contributed by atoms with Gasteiger partial charge in [0.05, 0.1) is 6.61 Å². The molecular weight excluding hydrogens is 410 g/mol. The van der Waals surface area contributed by atoms with Gasteiger partial charge in [0, 0.05) is 17.7 Å². The van der Waals surface area contributed by atoms with Gasteiger partial charge in [-0.2, -0.15) is 18.2 Å². The number of ether oxygens (including phenoxy) is 1. The van der Waals surface area contributed by atoms with Crippen LogP contribution < -0.4 is 10.1 Å². The van der Waals surface area contributed by atoms with Crippen LogP contribution >= 0.6 is 0 Å². The zero-order valence-corrected chi connectivity index (χ0v) is 15.4. The molecule has 1 heterocycles. The maximum absolute atomic E-state index is 12.4. The zero-order valence-electron chi connectivity index (χ0n) is 15.4. The molecule has 30 heavy (non-hydrogen) atoms. The molecule has 1 amide bonds. The van der Waals surface area contributed by atoms with Crippen molar-refractivity contribution in [2.75, 3.05) is 19.8 Å². The first-order chi connectivity index (χ1) is 14.3. The first-order valence-electron chi connectivity index (χ1n) is 8.49. The van der Waals surface area contributed by atoms with Gasteiger partial charge in [0.25, 0.3) is 5.91 Å². The molecule has 3 aromatic rings. The minimum Gasteiger partial charge on any atom is -0.484 e. The van der Waals surface area contributed by atoms with E-state index in [0.29, 0.717) is 17.0 Å². The van der Waals surface area contributed by atoms with Gasteiger partial charge in [-0.1, -0.05) is 5.16 Å². The number of carbonyl (C=O) groups excluding carboxylic acids is 1. The second kappa shape index (κ2) is 10.9. The largest absolute Gasteiger partial charge is 0.484 e. The molecule has 0 fully saturated rings. The Balaban J connectivity index is 0.000000222. The predicted molar refractivity (Wildman–Crippen MR) is 97.1 cm³/mol. The Kier molecular flexibility index (Phi) is 8.29. The van der Waals surface area contributed by atoms with Crippen LogP contribution in [0.3, 0.4) is 0 Å². The van der Waals surface area contributed by atoms with Crippen LogP contribution in [-0.2, 0) is 0 Å². The molecule has 0 aliphatic rings. The molecule has 0 atom stereocenters. The number of nitrogens with zero attached hydrogens (tertiary/aromatic N) is 2. The molecule has 0 aliphatic heterocycles. The Morgan fingerprint density at radius 1 is 1.10 bits per heavy atom. The lowest BCUT2D eigenvalue weighted by atomic mass is 10.2.